The highest BCUT2D eigenvalue weighted by Crippen LogP contribution is 2.32. The average Bonchev–Trinajstić information content (AvgIpc) is 2.14. The van der Waals surface area contributed by atoms with Crippen LogP contribution in [-0.4, -0.2) is 23.6 Å². The minimum absolute atomic E-state index is 0.0166. The molecule has 4 heteroatoms. The van der Waals surface area contributed by atoms with Crippen molar-refractivity contribution in [2.24, 2.45) is 5.73 Å². The van der Waals surface area contributed by atoms with Crippen LogP contribution in [-0.2, 0) is 0 Å². The predicted molar refractivity (Wildman–Crippen MR) is 61.4 cm³/mol. The van der Waals surface area contributed by atoms with Crippen molar-refractivity contribution in [2.45, 2.75) is 18.9 Å². The fourth-order valence-electron chi connectivity index (χ4n) is 1.73. The van der Waals surface area contributed by atoms with E-state index in [0.717, 1.165) is 24.0 Å². The molecule has 0 amide bonds. The van der Waals surface area contributed by atoms with Gasteiger partial charge in [-0.3, -0.25) is 4.98 Å². The van der Waals surface area contributed by atoms with Gasteiger partial charge in [-0.25, -0.2) is 0 Å². The van der Waals surface area contributed by atoms with Gasteiger partial charge in [0.2, 0.25) is 0 Å². The molecule has 1 aromatic rings. The predicted octanol–water partition coefficient (Wildman–Crippen LogP) is 1.77. The molecule has 3 nitrogen and oxygen atoms in total. The second kappa shape index (κ2) is 3.51. The van der Waals surface area contributed by atoms with Crippen LogP contribution in [0.4, 0.5) is 5.69 Å². The van der Waals surface area contributed by atoms with Gasteiger partial charge in [-0.2, -0.15) is 0 Å². The monoisotopic (exact) mass is 255 g/mol. The van der Waals surface area contributed by atoms with Crippen molar-refractivity contribution in [3.63, 3.8) is 0 Å². The van der Waals surface area contributed by atoms with Crippen LogP contribution < -0.4 is 10.6 Å². The summed E-state index contributed by atoms with van der Waals surface area (Å²) < 4.78 is 1.04. The first-order valence-corrected chi connectivity index (χ1v) is 5.57. The minimum atomic E-state index is 0.0166. The lowest BCUT2D eigenvalue weighted by molar-refractivity contribution is 0.322. The molecule has 2 heterocycles. The molecule has 0 atom stereocenters. The van der Waals surface area contributed by atoms with Gasteiger partial charge in [0.05, 0.1) is 15.7 Å². The number of rotatable bonds is 2. The highest BCUT2D eigenvalue weighted by Gasteiger charge is 2.38. The largest absolute Gasteiger partial charge is 0.367 e. The van der Waals surface area contributed by atoms with Gasteiger partial charge in [-0.1, -0.05) is 6.92 Å². The van der Waals surface area contributed by atoms with E-state index in [9.17, 15) is 0 Å². The molecule has 0 aliphatic carbocycles. The molecule has 0 spiro atoms. The van der Waals surface area contributed by atoms with E-state index in [1.54, 1.807) is 0 Å². The molecule has 0 saturated carbocycles. The molecule has 1 aliphatic heterocycles. The molecule has 0 radical (unpaired) electrons. The summed E-state index contributed by atoms with van der Waals surface area (Å²) in [5.41, 5.74) is 7.31. The van der Waals surface area contributed by atoms with Crippen LogP contribution in [0.15, 0.2) is 22.9 Å². The van der Waals surface area contributed by atoms with E-state index in [2.05, 4.69) is 32.7 Å². The Morgan fingerprint density at radius 3 is 2.93 bits per heavy atom. The zero-order chi connectivity index (χ0) is 10.2. The molecule has 1 saturated heterocycles. The zero-order valence-corrected chi connectivity index (χ0v) is 9.79. The first-order chi connectivity index (χ1) is 6.64. The quantitative estimate of drug-likeness (QED) is 0.876. The van der Waals surface area contributed by atoms with Crippen molar-refractivity contribution >= 4 is 21.6 Å². The first-order valence-electron chi connectivity index (χ1n) is 4.78. The molecular formula is C10H14BrN3. The summed E-state index contributed by atoms with van der Waals surface area (Å²) >= 11 is 3.49. The molecule has 0 bridgehead atoms. The van der Waals surface area contributed by atoms with Gasteiger partial charge >= 0.3 is 0 Å². The summed E-state index contributed by atoms with van der Waals surface area (Å²) in [4.78, 5) is 6.31. The van der Waals surface area contributed by atoms with E-state index >= 15 is 0 Å². The van der Waals surface area contributed by atoms with Gasteiger partial charge in [0.25, 0.3) is 0 Å². The molecular weight excluding hydrogens is 242 g/mol. The molecule has 2 rings (SSSR count). The van der Waals surface area contributed by atoms with Gasteiger partial charge in [0.1, 0.15) is 0 Å². The SMILES string of the molecule is CCC1(N)CN(c2ccncc2Br)C1. The van der Waals surface area contributed by atoms with Gasteiger partial charge in [-0.05, 0) is 28.4 Å². The number of halogens is 1. The molecule has 1 aliphatic rings. The maximum absolute atomic E-state index is 6.11. The van der Waals surface area contributed by atoms with E-state index in [1.165, 1.54) is 5.69 Å². The number of anilines is 1. The molecule has 14 heavy (non-hydrogen) atoms. The number of pyridine rings is 1. The molecule has 0 unspecified atom stereocenters. The third-order valence-electron chi connectivity index (χ3n) is 2.81. The topological polar surface area (TPSA) is 42.1 Å². The van der Waals surface area contributed by atoms with Crippen LogP contribution in [0.1, 0.15) is 13.3 Å². The van der Waals surface area contributed by atoms with Crippen LogP contribution in [0.2, 0.25) is 0 Å². The highest BCUT2D eigenvalue weighted by atomic mass is 79.9. The number of nitrogens with two attached hydrogens (primary N) is 1. The number of hydrogen-bond donors (Lipinski definition) is 1. The van der Waals surface area contributed by atoms with Crippen molar-refractivity contribution in [3.8, 4) is 0 Å². The Balaban J connectivity index is 2.10. The van der Waals surface area contributed by atoms with Crippen LogP contribution in [0, 0.1) is 0 Å². The Hall–Kier alpha value is -0.610. The summed E-state index contributed by atoms with van der Waals surface area (Å²) in [6.07, 6.45) is 4.66. The Kier molecular flexibility index (Phi) is 2.49. The average molecular weight is 256 g/mol. The number of hydrogen-bond acceptors (Lipinski definition) is 3. The molecule has 0 aromatic carbocycles. The third-order valence-corrected chi connectivity index (χ3v) is 3.42. The smallest absolute Gasteiger partial charge is 0.0592 e. The lowest BCUT2D eigenvalue weighted by Crippen LogP contribution is -2.67. The van der Waals surface area contributed by atoms with Crippen molar-refractivity contribution in [1.29, 1.82) is 0 Å². The van der Waals surface area contributed by atoms with Crippen molar-refractivity contribution in [1.82, 2.24) is 4.98 Å². The van der Waals surface area contributed by atoms with E-state index in [4.69, 9.17) is 5.73 Å². The maximum Gasteiger partial charge on any atom is 0.0592 e. The van der Waals surface area contributed by atoms with Gasteiger partial charge < -0.3 is 10.6 Å². The van der Waals surface area contributed by atoms with Gasteiger partial charge in [0.15, 0.2) is 0 Å². The zero-order valence-electron chi connectivity index (χ0n) is 8.20. The summed E-state index contributed by atoms with van der Waals surface area (Å²) in [7, 11) is 0. The fourth-order valence-corrected chi connectivity index (χ4v) is 2.23. The van der Waals surface area contributed by atoms with Crippen molar-refractivity contribution < 1.29 is 0 Å². The molecule has 1 fully saturated rings. The maximum atomic E-state index is 6.11. The second-order valence-corrected chi connectivity index (χ2v) is 4.75. The van der Waals surface area contributed by atoms with Crippen LogP contribution >= 0.6 is 15.9 Å². The number of aromatic nitrogens is 1. The van der Waals surface area contributed by atoms with Gasteiger partial charge in [0, 0.05) is 25.5 Å². The summed E-state index contributed by atoms with van der Waals surface area (Å²) in [5, 5.41) is 0. The lowest BCUT2D eigenvalue weighted by Gasteiger charge is -2.49. The van der Waals surface area contributed by atoms with Gasteiger partial charge in [-0.15, -0.1) is 0 Å². The number of nitrogens with zero attached hydrogens (tertiary/aromatic N) is 2. The summed E-state index contributed by atoms with van der Waals surface area (Å²) in [5.74, 6) is 0. The van der Waals surface area contributed by atoms with E-state index < -0.39 is 0 Å². The Morgan fingerprint density at radius 2 is 2.36 bits per heavy atom. The standard InChI is InChI=1S/C10H14BrN3/c1-2-10(12)6-14(7-10)9-3-4-13-5-8(9)11/h3-5H,2,6-7,12H2,1H3. The molecule has 76 valence electrons. The normalized spacial score (nSPS) is 19.2. The first kappa shape index (κ1) is 9.93. The van der Waals surface area contributed by atoms with Crippen molar-refractivity contribution in [3.05, 3.63) is 22.9 Å². The molecule has 1 aromatic heterocycles. The Labute approximate surface area is 92.4 Å². The van der Waals surface area contributed by atoms with Crippen LogP contribution in [0.25, 0.3) is 0 Å². The Morgan fingerprint density at radius 1 is 1.64 bits per heavy atom. The van der Waals surface area contributed by atoms with E-state index in [0.29, 0.717) is 0 Å². The van der Waals surface area contributed by atoms with Crippen LogP contribution in [0.3, 0.4) is 0 Å². The second-order valence-electron chi connectivity index (χ2n) is 3.90. The minimum Gasteiger partial charge on any atom is -0.367 e. The highest BCUT2D eigenvalue weighted by molar-refractivity contribution is 9.10. The third kappa shape index (κ3) is 1.64. The van der Waals surface area contributed by atoms with Crippen molar-refractivity contribution in [2.75, 3.05) is 18.0 Å². The van der Waals surface area contributed by atoms with E-state index in [1.807, 2.05) is 18.5 Å². The van der Waals surface area contributed by atoms with E-state index in [-0.39, 0.29) is 5.54 Å². The molecule has 2 N–H and O–H groups in total. The Bertz CT molecular complexity index is 334. The summed E-state index contributed by atoms with van der Waals surface area (Å²) in [6.45, 7) is 4.01. The lowest BCUT2D eigenvalue weighted by atomic mass is 9.88. The van der Waals surface area contributed by atoms with Crippen LogP contribution in [0.5, 0.6) is 0 Å². The summed E-state index contributed by atoms with van der Waals surface area (Å²) in [6, 6.07) is 2.01. The fraction of sp³-hybridized carbons (Fsp3) is 0.500.